The Bertz CT molecular complexity index is 774. The fourth-order valence-electron chi connectivity index (χ4n) is 3.73. The summed E-state index contributed by atoms with van der Waals surface area (Å²) in [4.78, 5) is 4.34. The van der Waals surface area contributed by atoms with Gasteiger partial charge in [-0.15, -0.1) is 24.0 Å². The number of ether oxygens (including phenoxy) is 1. The Morgan fingerprint density at radius 3 is 2.39 bits per heavy atom. The lowest BCUT2D eigenvalue weighted by Gasteiger charge is -2.39. The van der Waals surface area contributed by atoms with Gasteiger partial charge in [0.2, 0.25) is 0 Å². The highest BCUT2D eigenvalue weighted by molar-refractivity contribution is 14.0. The van der Waals surface area contributed by atoms with Gasteiger partial charge in [-0.25, -0.2) is 4.39 Å². The number of nitrogens with zero attached hydrogens (tertiary/aromatic N) is 1. The highest BCUT2D eigenvalue weighted by Crippen LogP contribution is 2.36. The molecular weight excluding hydrogens is 468 g/mol. The molecule has 3 rings (SSSR count). The number of hydrogen-bond donors (Lipinski definition) is 2. The number of aryl methyl sites for hydroxylation is 1. The molecule has 1 fully saturated rings. The van der Waals surface area contributed by atoms with Crippen LogP contribution in [0.1, 0.15) is 29.5 Å². The molecule has 1 aliphatic rings. The maximum absolute atomic E-state index is 13.0. The van der Waals surface area contributed by atoms with E-state index in [4.69, 9.17) is 4.74 Å². The average molecular weight is 497 g/mol. The molecular formula is C22H29FIN3O. The molecule has 0 bridgehead atoms. The number of guanidine groups is 1. The van der Waals surface area contributed by atoms with Crippen molar-refractivity contribution < 1.29 is 9.13 Å². The lowest BCUT2D eigenvalue weighted by atomic mass is 9.72. The fourth-order valence-corrected chi connectivity index (χ4v) is 3.73. The van der Waals surface area contributed by atoms with Gasteiger partial charge in [-0.3, -0.25) is 4.99 Å². The van der Waals surface area contributed by atoms with E-state index in [9.17, 15) is 4.39 Å². The molecule has 6 heteroatoms. The Hall–Kier alpha value is -1.67. The summed E-state index contributed by atoms with van der Waals surface area (Å²) in [5.74, 6) is 0.528. The molecule has 0 saturated carbocycles. The maximum atomic E-state index is 13.0. The Morgan fingerprint density at radius 1 is 1.07 bits per heavy atom. The molecule has 2 N–H and O–H groups in total. The van der Waals surface area contributed by atoms with E-state index in [1.165, 1.54) is 23.3 Å². The zero-order valence-electron chi connectivity index (χ0n) is 16.5. The molecule has 0 amide bonds. The van der Waals surface area contributed by atoms with Crippen molar-refractivity contribution in [2.45, 2.75) is 31.7 Å². The maximum Gasteiger partial charge on any atom is 0.191 e. The number of halogens is 2. The second-order valence-corrected chi connectivity index (χ2v) is 7.11. The van der Waals surface area contributed by atoms with E-state index >= 15 is 0 Å². The smallest absolute Gasteiger partial charge is 0.191 e. The summed E-state index contributed by atoms with van der Waals surface area (Å²) in [6, 6.07) is 15.1. The lowest BCUT2D eigenvalue weighted by molar-refractivity contribution is 0.0512. The van der Waals surface area contributed by atoms with Gasteiger partial charge in [0.25, 0.3) is 0 Å². The molecule has 0 spiro atoms. The lowest BCUT2D eigenvalue weighted by Crippen LogP contribution is -2.48. The molecule has 0 unspecified atom stereocenters. The third-order valence-corrected chi connectivity index (χ3v) is 5.36. The molecule has 4 nitrogen and oxygen atoms in total. The van der Waals surface area contributed by atoms with E-state index in [2.05, 4.69) is 46.8 Å². The minimum absolute atomic E-state index is 0. The van der Waals surface area contributed by atoms with Crippen LogP contribution in [0, 0.1) is 12.7 Å². The van der Waals surface area contributed by atoms with Crippen LogP contribution in [0.4, 0.5) is 4.39 Å². The van der Waals surface area contributed by atoms with E-state index in [0.717, 1.165) is 44.1 Å². The van der Waals surface area contributed by atoms with Gasteiger partial charge in [0.1, 0.15) is 5.82 Å². The third kappa shape index (κ3) is 5.67. The molecule has 0 aromatic heterocycles. The van der Waals surface area contributed by atoms with Crippen LogP contribution in [0.3, 0.4) is 0 Å². The second-order valence-electron chi connectivity index (χ2n) is 7.11. The van der Waals surface area contributed by atoms with Crippen molar-refractivity contribution in [2.24, 2.45) is 4.99 Å². The zero-order valence-corrected chi connectivity index (χ0v) is 18.8. The van der Waals surface area contributed by atoms with Crippen molar-refractivity contribution in [2.75, 3.05) is 26.8 Å². The first-order valence-electron chi connectivity index (χ1n) is 9.46. The molecule has 2 aromatic carbocycles. The summed E-state index contributed by atoms with van der Waals surface area (Å²) in [5.41, 5.74) is 3.75. The molecule has 0 aliphatic carbocycles. The largest absolute Gasteiger partial charge is 0.381 e. The van der Waals surface area contributed by atoms with Gasteiger partial charge in [0.05, 0.1) is 0 Å². The third-order valence-electron chi connectivity index (χ3n) is 5.36. The molecule has 0 radical (unpaired) electrons. The summed E-state index contributed by atoms with van der Waals surface area (Å²) >= 11 is 0. The topological polar surface area (TPSA) is 45.7 Å². The summed E-state index contributed by atoms with van der Waals surface area (Å²) in [6.45, 7) is 5.12. The summed E-state index contributed by atoms with van der Waals surface area (Å²) < 4.78 is 18.7. The van der Waals surface area contributed by atoms with Crippen LogP contribution in [0.2, 0.25) is 0 Å². The van der Waals surface area contributed by atoms with Crippen LogP contribution < -0.4 is 10.6 Å². The number of rotatable bonds is 5. The summed E-state index contributed by atoms with van der Waals surface area (Å²) in [6.07, 6.45) is 1.97. The minimum atomic E-state index is -0.221. The molecule has 0 atom stereocenters. The van der Waals surface area contributed by atoms with Crippen molar-refractivity contribution in [3.8, 4) is 0 Å². The molecule has 28 heavy (non-hydrogen) atoms. The van der Waals surface area contributed by atoms with Gasteiger partial charge in [0, 0.05) is 38.8 Å². The van der Waals surface area contributed by atoms with Crippen molar-refractivity contribution in [1.82, 2.24) is 10.6 Å². The number of hydrogen-bond acceptors (Lipinski definition) is 2. The summed E-state index contributed by atoms with van der Waals surface area (Å²) in [7, 11) is 1.77. The highest BCUT2D eigenvalue weighted by Gasteiger charge is 2.35. The quantitative estimate of drug-likeness (QED) is 0.371. The van der Waals surface area contributed by atoms with Gasteiger partial charge >= 0.3 is 0 Å². The predicted molar refractivity (Wildman–Crippen MR) is 123 cm³/mol. The van der Waals surface area contributed by atoms with E-state index in [1.807, 2.05) is 0 Å². The van der Waals surface area contributed by atoms with Crippen LogP contribution in [0.5, 0.6) is 0 Å². The van der Waals surface area contributed by atoms with Crippen LogP contribution in [-0.2, 0) is 16.7 Å². The van der Waals surface area contributed by atoms with E-state index in [1.54, 1.807) is 19.2 Å². The van der Waals surface area contributed by atoms with Crippen molar-refractivity contribution in [3.05, 3.63) is 71.0 Å². The zero-order chi connectivity index (χ0) is 19.1. The Kier molecular flexibility index (Phi) is 8.69. The van der Waals surface area contributed by atoms with E-state index < -0.39 is 0 Å². The average Bonchev–Trinajstić information content (AvgIpc) is 2.70. The standard InChI is InChI=1S/C22H28FN3O.HI/c1-17-5-3-4-6-20(17)22(11-13-27-14-12-22)16-26-21(24-2)25-15-18-7-9-19(23)10-8-18;/h3-10H,11-16H2,1-2H3,(H2,24,25,26);1H. The first-order valence-corrected chi connectivity index (χ1v) is 9.46. The van der Waals surface area contributed by atoms with Crippen molar-refractivity contribution in [1.29, 1.82) is 0 Å². The minimum Gasteiger partial charge on any atom is -0.381 e. The molecule has 1 aliphatic heterocycles. The van der Waals surface area contributed by atoms with Crippen LogP contribution in [0.25, 0.3) is 0 Å². The number of aliphatic imine (C=N–C) groups is 1. The Morgan fingerprint density at radius 2 is 1.75 bits per heavy atom. The first-order chi connectivity index (χ1) is 13.1. The van der Waals surface area contributed by atoms with Crippen LogP contribution in [-0.4, -0.2) is 32.8 Å². The van der Waals surface area contributed by atoms with Crippen molar-refractivity contribution in [3.63, 3.8) is 0 Å². The fraction of sp³-hybridized carbons (Fsp3) is 0.409. The second kappa shape index (κ2) is 10.8. The predicted octanol–water partition coefficient (Wildman–Crippen LogP) is 4.17. The van der Waals surface area contributed by atoms with Gasteiger partial charge in [-0.2, -0.15) is 0 Å². The van der Waals surface area contributed by atoms with Gasteiger partial charge in [-0.05, 0) is 48.6 Å². The van der Waals surface area contributed by atoms with Gasteiger partial charge in [0.15, 0.2) is 5.96 Å². The Balaban J connectivity index is 0.00000280. The molecule has 2 aromatic rings. The summed E-state index contributed by atoms with van der Waals surface area (Å²) in [5, 5.41) is 6.81. The normalized spacial score (nSPS) is 16.2. The van der Waals surface area contributed by atoms with E-state index in [0.29, 0.717) is 6.54 Å². The number of nitrogens with one attached hydrogen (secondary N) is 2. The highest BCUT2D eigenvalue weighted by atomic mass is 127. The van der Waals surface area contributed by atoms with Gasteiger partial charge in [-0.1, -0.05) is 36.4 Å². The molecule has 1 heterocycles. The van der Waals surface area contributed by atoms with Gasteiger partial charge < -0.3 is 15.4 Å². The van der Waals surface area contributed by atoms with Crippen LogP contribution in [0.15, 0.2) is 53.5 Å². The Labute approximate surface area is 184 Å². The first kappa shape index (κ1) is 22.6. The van der Waals surface area contributed by atoms with Crippen molar-refractivity contribution >= 4 is 29.9 Å². The monoisotopic (exact) mass is 497 g/mol. The van der Waals surface area contributed by atoms with E-state index in [-0.39, 0.29) is 35.2 Å². The van der Waals surface area contributed by atoms with Crippen LogP contribution >= 0.6 is 24.0 Å². The molecule has 1 saturated heterocycles. The number of benzene rings is 2. The SMILES string of the molecule is CN=C(NCc1ccc(F)cc1)NCC1(c2ccccc2C)CCOCC1.I. The molecule has 152 valence electrons.